The second-order valence-corrected chi connectivity index (χ2v) is 9.52. The zero-order valence-electron chi connectivity index (χ0n) is 19.1. The zero-order valence-corrected chi connectivity index (χ0v) is 20.7. The molecular weight excluding hydrogens is 508 g/mol. The van der Waals surface area contributed by atoms with Crippen LogP contribution in [0.3, 0.4) is 0 Å². The molecule has 0 amide bonds. The first kappa shape index (κ1) is 21.0. The highest BCUT2D eigenvalue weighted by atomic mass is 79.9. The van der Waals surface area contributed by atoms with Gasteiger partial charge in [-0.2, -0.15) is 9.97 Å². The predicted molar refractivity (Wildman–Crippen MR) is 150 cm³/mol. The first-order chi connectivity index (χ1) is 17.8. The van der Waals surface area contributed by atoms with Crippen LogP contribution in [0.25, 0.3) is 61.3 Å². The molecule has 2 heterocycles. The normalized spacial score (nSPS) is 11.5. The van der Waals surface area contributed by atoms with Gasteiger partial charge in [-0.05, 0) is 22.9 Å². The number of hydrogen-bond acceptors (Lipinski definition) is 3. The summed E-state index contributed by atoms with van der Waals surface area (Å²) in [5, 5.41) is 4.72. The molecule has 5 heteroatoms. The van der Waals surface area contributed by atoms with Gasteiger partial charge in [0.15, 0.2) is 11.6 Å². The van der Waals surface area contributed by atoms with Gasteiger partial charge in [-0.3, -0.25) is 4.57 Å². The highest BCUT2D eigenvalue weighted by molar-refractivity contribution is 9.10. The molecule has 0 aliphatic heterocycles. The van der Waals surface area contributed by atoms with Crippen molar-refractivity contribution in [1.82, 2.24) is 19.5 Å². The van der Waals surface area contributed by atoms with E-state index in [1.165, 1.54) is 21.5 Å². The summed E-state index contributed by atoms with van der Waals surface area (Å²) in [5.74, 6) is 1.88. The lowest BCUT2D eigenvalue weighted by Crippen LogP contribution is -2.06. The lowest BCUT2D eigenvalue weighted by atomic mass is 10.0. The minimum absolute atomic E-state index is 0.594. The van der Waals surface area contributed by atoms with E-state index in [2.05, 4.69) is 75.1 Å². The molecule has 5 aromatic carbocycles. The van der Waals surface area contributed by atoms with Crippen LogP contribution >= 0.6 is 15.9 Å². The second kappa shape index (κ2) is 8.40. The summed E-state index contributed by atoms with van der Waals surface area (Å²) in [5.41, 5.74) is 4.00. The van der Waals surface area contributed by atoms with Crippen molar-refractivity contribution in [3.8, 4) is 28.7 Å². The number of fused-ring (bicyclic) bond motifs is 5. The van der Waals surface area contributed by atoms with Gasteiger partial charge in [0.2, 0.25) is 5.95 Å². The van der Waals surface area contributed by atoms with E-state index in [-0.39, 0.29) is 0 Å². The van der Waals surface area contributed by atoms with E-state index in [0.717, 1.165) is 26.6 Å². The minimum atomic E-state index is 0.594. The number of halogens is 1. The van der Waals surface area contributed by atoms with Crippen LogP contribution in [0.4, 0.5) is 0 Å². The Morgan fingerprint density at radius 1 is 0.500 bits per heavy atom. The van der Waals surface area contributed by atoms with Crippen molar-refractivity contribution in [1.29, 1.82) is 0 Å². The summed E-state index contributed by atoms with van der Waals surface area (Å²) in [6.45, 7) is 0. The molecule has 0 bridgehead atoms. The fourth-order valence-corrected chi connectivity index (χ4v) is 5.46. The Morgan fingerprint density at radius 2 is 1.03 bits per heavy atom. The number of para-hydroxylation sites is 1. The molecule has 0 atom stereocenters. The first-order valence-electron chi connectivity index (χ1n) is 11.8. The Kier molecular flexibility index (Phi) is 4.89. The molecule has 0 radical (unpaired) electrons. The molecule has 0 saturated heterocycles. The van der Waals surface area contributed by atoms with Crippen LogP contribution in [0, 0.1) is 0 Å². The molecule has 2 aromatic heterocycles. The average molecular weight is 527 g/mol. The third-order valence-corrected chi connectivity index (χ3v) is 7.17. The largest absolute Gasteiger partial charge is 0.278 e. The molecule has 0 spiro atoms. The first-order valence-corrected chi connectivity index (χ1v) is 12.5. The van der Waals surface area contributed by atoms with Crippen LogP contribution in [-0.4, -0.2) is 19.5 Å². The van der Waals surface area contributed by atoms with Gasteiger partial charge in [0.05, 0.1) is 11.0 Å². The summed E-state index contributed by atoms with van der Waals surface area (Å²) in [4.78, 5) is 14.9. The van der Waals surface area contributed by atoms with E-state index in [9.17, 15) is 0 Å². The van der Waals surface area contributed by atoms with Crippen molar-refractivity contribution >= 4 is 48.5 Å². The van der Waals surface area contributed by atoms with E-state index < -0.39 is 0 Å². The molecule has 0 unspecified atom stereocenters. The third kappa shape index (κ3) is 3.32. The summed E-state index contributed by atoms with van der Waals surface area (Å²) < 4.78 is 3.19. The molecule has 0 N–H and O–H groups in total. The van der Waals surface area contributed by atoms with Crippen LogP contribution in [0.5, 0.6) is 0 Å². The summed E-state index contributed by atoms with van der Waals surface area (Å²) in [7, 11) is 0. The average Bonchev–Trinajstić information content (AvgIpc) is 3.28. The Hall–Kier alpha value is -4.35. The van der Waals surface area contributed by atoms with Gasteiger partial charge < -0.3 is 0 Å². The van der Waals surface area contributed by atoms with Gasteiger partial charge in [0.25, 0.3) is 0 Å². The Balaban J connectivity index is 1.61. The zero-order chi connectivity index (χ0) is 24.1. The van der Waals surface area contributed by atoms with Crippen molar-refractivity contribution < 1.29 is 0 Å². The summed E-state index contributed by atoms with van der Waals surface area (Å²) in [6, 6.07) is 39.3. The Labute approximate surface area is 216 Å². The Bertz CT molecular complexity index is 1840. The molecule has 0 fully saturated rings. The number of rotatable bonds is 3. The second-order valence-electron chi connectivity index (χ2n) is 8.67. The maximum Gasteiger partial charge on any atom is 0.238 e. The van der Waals surface area contributed by atoms with E-state index in [1.807, 2.05) is 60.7 Å². The van der Waals surface area contributed by atoms with Gasteiger partial charge in [-0.1, -0.05) is 119 Å². The fraction of sp³-hybridized carbons (Fsp3) is 0. The van der Waals surface area contributed by atoms with Gasteiger partial charge in [0.1, 0.15) is 0 Å². The highest BCUT2D eigenvalue weighted by Gasteiger charge is 2.19. The van der Waals surface area contributed by atoms with Crippen molar-refractivity contribution in [2.24, 2.45) is 0 Å². The van der Waals surface area contributed by atoms with Crippen LogP contribution in [0.2, 0.25) is 0 Å². The van der Waals surface area contributed by atoms with E-state index in [4.69, 9.17) is 15.0 Å². The third-order valence-electron chi connectivity index (χ3n) is 6.52. The summed E-state index contributed by atoms with van der Waals surface area (Å²) >= 11 is 3.82. The smallest absolute Gasteiger partial charge is 0.238 e. The number of nitrogens with zero attached hydrogens (tertiary/aromatic N) is 4. The predicted octanol–water partition coefficient (Wildman–Crippen LogP) is 8.22. The molecule has 4 nitrogen and oxygen atoms in total. The van der Waals surface area contributed by atoms with Crippen LogP contribution in [-0.2, 0) is 0 Å². The van der Waals surface area contributed by atoms with Crippen LogP contribution in [0.15, 0.2) is 120 Å². The van der Waals surface area contributed by atoms with E-state index >= 15 is 0 Å². The quantitative estimate of drug-likeness (QED) is 0.233. The van der Waals surface area contributed by atoms with Crippen molar-refractivity contribution in [2.45, 2.75) is 0 Å². The monoisotopic (exact) mass is 526 g/mol. The number of hydrogen-bond donors (Lipinski definition) is 0. The molecule has 7 aromatic rings. The molecule has 170 valence electrons. The van der Waals surface area contributed by atoms with Gasteiger partial charge in [-0.25, -0.2) is 4.98 Å². The lowest BCUT2D eigenvalue weighted by Gasteiger charge is -2.11. The molecule has 36 heavy (non-hydrogen) atoms. The number of aromatic nitrogens is 4. The van der Waals surface area contributed by atoms with Crippen LogP contribution in [0.1, 0.15) is 0 Å². The highest BCUT2D eigenvalue weighted by Crippen LogP contribution is 2.39. The van der Waals surface area contributed by atoms with Gasteiger partial charge >= 0.3 is 0 Å². The van der Waals surface area contributed by atoms with E-state index in [0.29, 0.717) is 17.6 Å². The maximum absolute atomic E-state index is 5.01. The van der Waals surface area contributed by atoms with Crippen molar-refractivity contribution in [3.63, 3.8) is 0 Å². The SMILES string of the molecule is Brc1cc2c(c3ccccc13)c1ccccc1n2-c1nc(-c2ccccc2)nc(-c2ccccc2)n1. The molecular formula is C31H19BrN4. The maximum atomic E-state index is 5.01. The topological polar surface area (TPSA) is 43.6 Å². The standard InChI is InChI=1S/C31H19BrN4/c32-25-19-27-28(23-16-8-7-15-22(23)25)24-17-9-10-18-26(24)36(27)31-34-29(20-11-3-1-4-12-20)33-30(35-31)21-13-5-2-6-14-21/h1-19H. The van der Waals surface area contributed by atoms with Gasteiger partial charge in [-0.15, -0.1) is 0 Å². The molecule has 0 aliphatic rings. The molecule has 7 rings (SSSR count). The summed E-state index contributed by atoms with van der Waals surface area (Å²) in [6.07, 6.45) is 0. The molecule has 0 aliphatic carbocycles. The van der Waals surface area contributed by atoms with Crippen molar-refractivity contribution in [2.75, 3.05) is 0 Å². The molecule has 0 saturated carbocycles. The van der Waals surface area contributed by atoms with E-state index in [1.54, 1.807) is 0 Å². The van der Waals surface area contributed by atoms with Crippen LogP contribution < -0.4 is 0 Å². The number of benzene rings is 5. The lowest BCUT2D eigenvalue weighted by molar-refractivity contribution is 0.953. The minimum Gasteiger partial charge on any atom is -0.278 e. The Morgan fingerprint density at radius 3 is 1.67 bits per heavy atom. The van der Waals surface area contributed by atoms with Crippen molar-refractivity contribution in [3.05, 3.63) is 120 Å². The van der Waals surface area contributed by atoms with Gasteiger partial charge in [0, 0.05) is 26.4 Å². The fourth-order valence-electron chi connectivity index (χ4n) is 4.90.